The van der Waals surface area contributed by atoms with E-state index in [1.165, 1.54) is 30.3 Å². The number of carboxylic acids is 1. The number of halogens is 2. The van der Waals surface area contributed by atoms with Crippen molar-refractivity contribution >= 4 is 33.3 Å². The zero-order valence-electron chi connectivity index (χ0n) is 10.4. The van der Waals surface area contributed by atoms with Crippen LogP contribution in [0.15, 0.2) is 47.4 Å². The molecular weight excluding hydrogens is 321 g/mol. The largest absolute Gasteiger partial charge is 0.478 e. The summed E-state index contributed by atoms with van der Waals surface area (Å²) < 4.78 is 39.8. The van der Waals surface area contributed by atoms with Crippen LogP contribution in [0.5, 0.6) is 0 Å². The Balaban J connectivity index is 2.31. The summed E-state index contributed by atoms with van der Waals surface area (Å²) in [5.74, 6) is -2.46. The van der Waals surface area contributed by atoms with Gasteiger partial charge in [-0.25, -0.2) is 17.6 Å². The summed E-state index contributed by atoms with van der Waals surface area (Å²) in [6.07, 6.45) is 0. The molecule has 0 aromatic heterocycles. The monoisotopic (exact) mass is 329 g/mol. The lowest BCUT2D eigenvalue weighted by Gasteiger charge is -2.09. The molecule has 0 aliphatic rings. The molecule has 0 bridgehead atoms. The lowest BCUT2D eigenvalue weighted by atomic mass is 10.2. The topological polar surface area (TPSA) is 83.5 Å². The third-order valence-electron chi connectivity index (χ3n) is 2.58. The number of rotatable bonds is 4. The summed E-state index contributed by atoms with van der Waals surface area (Å²) >= 11 is 5.67. The van der Waals surface area contributed by atoms with E-state index >= 15 is 0 Å². The fourth-order valence-corrected chi connectivity index (χ4v) is 2.76. The van der Waals surface area contributed by atoms with E-state index in [4.69, 9.17) is 16.7 Å². The van der Waals surface area contributed by atoms with Crippen LogP contribution < -0.4 is 4.72 Å². The molecule has 8 heteroatoms. The molecule has 2 rings (SSSR count). The first kappa shape index (κ1) is 15.3. The van der Waals surface area contributed by atoms with Gasteiger partial charge in [0.1, 0.15) is 5.82 Å². The quantitative estimate of drug-likeness (QED) is 0.903. The zero-order valence-corrected chi connectivity index (χ0v) is 12.0. The highest BCUT2D eigenvalue weighted by Crippen LogP contribution is 2.20. The first-order valence-corrected chi connectivity index (χ1v) is 7.47. The van der Waals surface area contributed by atoms with Gasteiger partial charge < -0.3 is 5.11 Å². The molecule has 0 radical (unpaired) electrons. The number of aromatic carboxylic acids is 1. The van der Waals surface area contributed by atoms with Crippen LogP contribution in [0.4, 0.5) is 10.1 Å². The van der Waals surface area contributed by atoms with Crippen LogP contribution in [0.1, 0.15) is 10.4 Å². The molecule has 0 heterocycles. The van der Waals surface area contributed by atoms with Crippen LogP contribution >= 0.6 is 11.6 Å². The molecule has 5 nitrogen and oxygen atoms in total. The van der Waals surface area contributed by atoms with Gasteiger partial charge in [-0.15, -0.1) is 0 Å². The molecule has 0 saturated heterocycles. The van der Waals surface area contributed by atoms with Crippen LogP contribution in [0.3, 0.4) is 0 Å². The predicted molar refractivity (Wildman–Crippen MR) is 75.6 cm³/mol. The van der Waals surface area contributed by atoms with Crippen LogP contribution in [0.25, 0.3) is 0 Å². The average Bonchev–Trinajstić information content (AvgIpc) is 2.38. The Hall–Kier alpha value is -2.12. The summed E-state index contributed by atoms with van der Waals surface area (Å²) in [6, 6.07) is 8.36. The summed E-state index contributed by atoms with van der Waals surface area (Å²) in [4.78, 5) is 10.6. The average molecular weight is 330 g/mol. The Labute approximate surface area is 125 Å². The van der Waals surface area contributed by atoms with Crippen LogP contribution in [0, 0.1) is 5.82 Å². The van der Waals surface area contributed by atoms with E-state index in [0.717, 1.165) is 12.1 Å². The third-order valence-corrected chi connectivity index (χ3v) is 4.22. The fourth-order valence-electron chi connectivity index (χ4n) is 1.58. The molecule has 0 amide bonds. The van der Waals surface area contributed by atoms with E-state index < -0.39 is 27.4 Å². The highest BCUT2D eigenvalue weighted by molar-refractivity contribution is 7.92. The molecular formula is C13H9ClFNO4S. The van der Waals surface area contributed by atoms with Gasteiger partial charge in [-0.05, 0) is 42.5 Å². The van der Waals surface area contributed by atoms with Gasteiger partial charge in [-0.2, -0.15) is 0 Å². The standard InChI is InChI=1S/C13H9ClFNO4S/c14-8-1-4-10(5-2-8)21(19,20)16-9-3-6-11(13(17)18)12(15)7-9/h1-7,16H,(H,17,18). The number of benzene rings is 2. The molecule has 0 fully saturated rings. The molecule has 0 spiro atoms. The summed E-state index contributed by atoms with van der Waals surface area (Å²) in [6.45, 7) is 0. The molecule has 0 saturated carbocycles. The maximum absolute atomic E-state index is 13.5. The second-order valence-electron chi connectivity index (χ2n) is 4.06. The smallest absolute Gasteiger partial charge is 0.338 e. The molecule has 2 N–H and O–H groups in total. The number of hydrogen-bond acceptors (Lipinski definition) is 3. The normalized spacial score (nSPS) is 11.1. The molecule has 110 valence electrons. The zero-order chi connectivity index (χ0) is 15.6. The van der Waals surface area contributed by atoms with E-state index in [1.54, 1.807) is 0 Å². The Kier molecular flexibility index (Phi) is 4.15. The van der Waals surface area contributed by atoms with Crippen molar-refractivity contribution in [3.63, 3.8) is 0 Å². The minimum Gasteiger partial charge on any atom is -0.478 e. The van der Waals surface area contributed by atoms with Gasteiger partial charge in [0, 0.05) is 5.02 Å². The third kappa shape index (κ3) is 3.50. The SMILES string of the molecule is O=C(O)c1ccc(NS(=O)(=O)c2ccc(Cl)cc2)cc1F. The highest BCUT2D eigenvalue weighted by Gasteiger charge is 2.16. The molecule has 2 aromatic carbocycles. The molecule has 0 atom stereocenters. The molecule has 0 aliphatic carbocycles. The molecule has 0 unspecified atom stereocenters. The van der Waals surface area contributed by atoms with Crippen molar-refractivity contribution in [3.05, 3.63) is 58.9 Å². The second kappa shape index (κ2) is 5.71. The fraction of sp³-hybridized carbons (Fsp3) is 0. The van der Waals surface area contributed by atoms with Gasteiger partial charge in [0.25, 0.3) is 10.0 Å². The lowest BCUT2D eigenvalue weighted by Crippen LogP contribution is -2.13. The molecule has 0 aliphatic heterocycles. The maximum atomic E-state index is 13.5. The Morgan fingerprint density at radius 1 is 1.14 bits per heavy atom. The number of anilines is 1. The van der Waals surface area contributed by atoms with E-state index in [1.807, 2.05) is 0 Å². The van der Waals surface area contributed by atoms with Gasteiger partial charge >= 0.3 is 5.97 Å². The first-order chi connectivity index (χ1) is 9.79. The molecule has 21 heavy (non-hydrogen) atoms. The summed E-state index contributed by atoms with van der Waals surface area (Å²) in [7, 11) is -3.90. The van der Waals surface area contributed by atoms with Crippen molar-refractivity contribution in [1.82, 2.24) is 0 Å². The first-order valence-electron chi connectivity index (χ1n) is 5.61. The Bertz CT molecular complexity index is 790. The van der Waals surface area contributed by atoms with Crippen molar-refractivity contribution in [3.8, 4) is 0 Å². The predicted octanol–water partition coefficient (Wildman–Crippen LogP) is 2.98. The summed E-state index contributed by atoms with van der Waals surface area (Å²) in [5, 5.41) is 9.08. The minimum atomic E-state index is -3.90. The summed E-state index contributed by atoms with van der Waals surface area (Å²) in [5.41, 5.74) is -0.614. The minimum absolute atomic E-state index is 0.0466. The number of nitrogens with one attached hydrogen (secondary N) is 1. The lowest BCUT2D eigenvalue weighted by molar-refractivity contribution is 0.0692. The van der Waals surface area contributed by atoms with Gasteiger partial charge in [-0.3, -0.25) is 4.72 Å². The van der Waals surface area contributed by atoms with Gasteiger partial charge in [0.2, 0.25) is 0 Å². The van der Waals surface area contributed by atoms with E-state index in [0.29, 0.717) is 5.02 Å². The second-order valence-corrected chi connectivity index (χ2v) is 6.18. The van der Waals surface area contributed by atoms with Crippen molar-refractivity contribution in [1.29, 1.82) is 0 Å². The number of carboxylic acid groups (broad SMARTS) is 1. The number of sulfonamides is 1. The highest BCUT2D eigenvalue weighted by atomic mass is 35.5. The van der Waals surface area contributed by atoms with E-state index in [-0.39, 0.29) is 10.6 Å². The van der Waals surface area contributed by atoms with Gasteiger partial charge in [0.15, 0.2) is 0 Å². The Morgan fingerprint density at radius 2 is 1.76 bits per heavy atom. The van der Waals surface area contributed by atoms with Crippen molar-refractivity contribution in [2.45, 2.75) is 4.90 Å². The van der Waals surface area contributed by atoms with Crippen LogP contribution in [-0.2, 0) is 10.0 Å². The van der Waals surface area contributed by atoms with Crippen molar-refractivity contribution < 1.29 is 22.7 Å². The van der Waals surface area contributed by atoms with Crippen molar-refractivity contribution in [2.24, 2.45) is 0 Å². The van der Waals surface area contributed by atoms with E-state index in [9.17, 15) is 17.6 Å². The Morgan fingerprint density at radius 3 is 2.29 bits per heavy atom. The van der Waals surface area contributed by atoms with Gasteiger partial charge in [-0.1, -0.05) is 11.6 Å². The molecule has 2 aromatic rings. The number of hydrogen-bond donors (Lipinski definition) is 2. The maximum Gasteiger partial charge on any atom is 0.338 e. The van der Waals surface area contributed by atoms with Crippen molar-refractivity contribution in [2.75, 3.05) is 4.72 Å². The van der Waals surface area contributed by atoms with Gasteiger partial charge in [0.05, 0.1) is 16.1 Å². The number of carbonyl (C=O) groups is 1. The van der Waals surface area contributed by atoms with Crippen LogP contribution in [-0.4, -0.2) is 19.5 Å². The van der Waals surface area contributed by atoms with E-state index in [2.05, 4.69) is 4.72 Å². The van der Waals surface area contributed by atoms with Crippen LogP contribution in [0.2, 0.25) is 5.02 Å².